The van der Waals surface area contributed by atoms with E-state index in [0.717, 1.165) is 0 Å². The number of carbonyl (C=O) groups is 9. The Kier molecular flexibility index (Phi) is 21.9. The van der Waals surface area contributed by atoms with Gasteiger partial charge in [0, 0.05) is 13.1 Å². The van der Waals surface area contributed by atoms with E-state index in [1.807, 2.05) is 0 Å². The summed E-state index contributed by atoms with van der Waals surface area (Å²) in [6.45, 7) is 3.92. The van der Waals surface area contributed by atoms with Crippen LogP contribution in [0.15, 0.2) is 0 Å². The Bertz CT molecular complexity index is 1710. The molecule has 4 aliphatic rings. The van der Waals surface area contributed by atoms with Gasteiger partial charge in [0.15, 0.2) is 0 Å². The third-order valence-electron chi connectivity index (χ3n) is 12.3. The van der Waals surface area contributed by atoms with Gasteiger partial charge in [0.25, 0.3) is 0 Å². The van der Waals surface area contributed by atoms with Crippen molar-refractivity contribution in [3.05, 3.63) is 0 Å². The highest BCUT2D eigenvalue weighted by atomic mass is 16.5. The number of ether oxygens (including phenoxy) is 1. The third-order valence-corrected chi connectivity index (χ3v) is 12.3. The molecule has 4 heterocycles. The quantitative estimate of drug-likeness (QED) is 0.0820. The van der Waals surface area contributed by atoms with Gasteiger partial charge in [-0.25, -0.2) is 0 Å². The SMILES string of the molecule is CC(C)C1NC(=O)C(CCCN)NC(=O)C2CCCN2C(=O)CNC(=O)C(CCCN)NC2OCC2NC(=O)C(CCCN)NC(=O)C2CCCN2C(=O)CNC(=O)C(CCCN)NC1=O. The molecule has 24 nitrogen and oxygen atoms in total. The van der Waals surface area contributed by atoms with Crippen molar-refractivity contribution >= 4 is 53.2 Å². The first-order chi connectivity index (χ1) is 31.6. The van der Waals surface area contributed by atoms with Crippen molar-refractivity contribution in [1.29, 1.82) is 0 Å². The van der Waals surface area contributed by atoms with Crippen molar-refractivity contribution in [1.82, 2.24) is 52.3 Å². The molecule has 9 unspecified atom stereocenters. The van der Waals surface area contributed by atoms with Crippen LogP contribution >= 0.6 is 0 Å². The summed E-state index contributed by atoms with van der Waals surface area (Å²) in [6, 6.07) is -7.85. The molecule has 9 atom stereocenters. The number of carbonyl (C=O) groups excluding carboxylic acids is 9. The highest BCUT2D eigenvalue weighted by Crippen LogP contribution is 2.20. The van der Waals surface area contributed by atoms with Crippen LogP contribution in [-0.4, -0.2) is 176 Å². The van der Waals surface area contributed by atoms with Gasteiger partial charge in [0.1, 0.15) is 42.5 Å². The molecular weight excluding hydrogens is 861 g/mol. The fourth-order valence-corrected chi connectivity index (χ4v) is 8.47. The van der Waals surface area contributed by atoms with Crippen LogP contribution in [0.1, 0.15) is 90.9 Å². The molecule has 0 aromatic carbocycles. The summed E-state index contributed by atoms with van der Waals surface area (Å²) < 4.78 is 5.70. The van der Waals surface area contributed by atoms with Crippen LogP contribution in [0, 0.1) is 5.92 Å². The van der Waals surface area contributed by atoms with E-state index in [-0.39, 0.29) is 71.6 Å². The van der Waals surface area contributed by atoms with Crippen LogP contribution in [-0.2, 0) is 47.9 Å². The van der Waals surface area contributed by atoms with Crippen LogP contribution in [0.5, 0.6) is 0 Å². The average Bonchev–Trinajstić information content (AvgIpc) is 4.00. The first kappa shape index (κ1) is 53.6. The molecule has 9 amide bonds. The lowest BCUT2D eigenvalue weighted by molar-refractivity contribution is -0.145. The summed E-state index contributed by atoms with van der Waals surface area (Å²) in [4.78, 5) is 126. The Labute approximate surface area is 386 Å². The number of hydrogen-bond acceptors (Lipinski definition) is 15. The number of hydrogen-bond donors (Lipinski definition) is 12. The fraction of sp³-hybridized carbons (Fsp3) is 0.786. The largest absolute Gasteiger partial charge is 0.359 e. The van der Waals surface area contributed by atoms with E-state index in [0.29, 0.717) is 51.4 Å². The van der Waals surface area contributed by atoms with E-state index in [9.17, 15) is 43.2 Å². The van der Waals surface area contributed by atoms with Gasteiger partial charge >= 0.3 is 0 Å². The summed E-state index contributed by atoms with van der Waals surface area (Å²) in [6.07, 6.45) is 2.97. The van der Waals surface area contributed by atoms with Crippen LogP contribution in [0.25, 0.3) is 0 Å². The molecule has 4 rings (SSSR count). The van der Waals surface area contributed by atoms with Gasteiger partial charge in [0.05, 0.1) is 31.8 Å². The molecule has 0 aromatic heterocycles. The van der Waals surface area contributed by atoms with Gasteiger partial charge in [-0.3, -0.25) is 48.5 Å². The molecule has 0 saturated carbocycles. The number of nitrogens with one attached hydrogen (secondary N) is 8. The molecule has 24 heteroatoms. The van der Waals surface area contributed by atoms with E-state index in [4.69, 9.17) is 27.7 Å². The van der Waals surface area contributed by atoms with E-state index in [2.05, 4.69) is 42.5 Å². The number of amides is 9. The number of nitrogens with two attached hydrogens (primary N) is 4. The number of fused-ring (bicyclic) bond motifs is 3. The predicted octanol–water partition coefficient (Wildman–Crippen LogP) is -5.44. The van der Waals surface area contributed by atoms with Crippen molar-refractivity contribution < 1.29 is 47.9 Å². The Morgan fingerprint density at radius 1 is 0.530 bits per heavy atom. The second kappa shape index (κ2) is 27.0. The molecule has 4 saturated heterocycles. The van der Waals surface area contributed by atoms with E-state index >= 15 is 0 Å². The van der Waals surface area contributed by atoms with E-state index in [1.54, 1.807) is 13.8 Å². The minimum absolute atomic E-state index is 0.101. The summed E-state index contributed by atoms with van der Waals surface area (Å²) >= 11 is 0. The standard InChI is InChI=1S/C42H74N14O10/c1-24(2)34-41(65)51-25(9-3-15-43)35(59)47-21-32(57)55-19-7-13-30(55)39(63)49-27(11-5-17-45)37(61)52-29-23-66-42(29)53-26(10-4-16-44)36(60)48-22-33(58)56-20-8-14-31(56)40(64)50-28(12-6-18-46)38(62)54-34/h24-31,34,42,53H,3-23,43-46H2,1-2H3,(H,47,59)(H,48,60)(H,49,63)(H,50,64)(H,51,65)(H,52,61)(H,54,62). The minimum atomic E-state index is -1.16. The highest BCUT2D eigenvalue weighted by molar-refractivity contribution is 5.97. The first-order valence-corrected chi connectivity index (χ1v) is 23.5. The minimum Gasteiger partial charge on any atom is -0.359 e. The lowest BCUT2D eigenvalue weighted by Crippen LogP contribution is -2.67. The molecule has 0 radical (unpaired) electrons. The predicted molar refractivity (Wildman–Crippen MR) is 240 cm³/mol. The zero-order valence-electron chi connectivity index (χ0n) is 38.4. The molecule has 0 aromatic rings. The molecule has 372 valence electrons. The molecule has 4 aliphatic heterocycles. The van der Waals surface area contributed by atoms with E-state index in [1.165, 1.54) is 9.80 Å². The first-order valence-electron chi connectivity index (χ1n) is 23.5. The lowest BCUT2D eigenvalue weighted by Gasteiger charge is -2.40. The van der Waals surface area contributed by atoms with Crippen molar-refractivity contribution in [2.75, 3.05) is 59.0 Å². The molecule has 0 spiro atoms. The van der Waals surface area contributed by atoms with Crippen molar-refractivity contribution in [2.24, 2.45) is 28.9 Å². The summed E-state index contributed by atoms with van der Waals surface area (Å²) in [5.41, 5.74) is 23.1. The van der Waals surface area contributed by atoms with Gasteiger partial charge in [-0.1, -0.05) is 13.8 Å². The normalized spacial score (nSPS) is 29.6. The maximum Gasteiger partial charge on any atom is 0.243 e. The summed E-state index contributed by atoms with van der Waals surface area (Å²) in [5.74, 6) is -5.81. The van der Waals surface area contributed by atoms with Gasteiger partial charge in [0.2, 0.25) is 53.2 Å². The topological polar surface area (TPSA) is 370 Å². The van der Waals surface area contributed by atoms with Crippen LogP contribution in [0.4, 0.5) is 0 Å². The molecule has 0 bridgehead atoms. The summed E-state index contributed by atoms with van der Waals surface area (Å²) in [5, 5.41) is 22.2. The number of nitrogens with zero attached hydrogens (tertiary/aromatic N) is 2. The van der Waals surface area contributed by atoms with Crippen molar-refractivity contribution in [2.45, 2.75) is 145 Å². The Balaban J connectivity index is 1.62. The van der Waals surface area contributed by atoms with Crippen LogP contribution < -0.4 is 65.5 Å². The third kappa shape index (κ3) is 15.3. The number of rotatable bonds is 13. The van der Waals surface area contributed by atoms with Crippen LogP contribution in [0.3, 0.4) is 0 Å². The Morgan fingerprint density at radius 2 is 0.939 bits per heavy atom. The van der Waals surface area contributed by atoms with Crippen LogP contribution in [0.2, 0.25) is 0 Å². The van der Waals surface area contributed by atoms with Crippen molar-refractivity contribution in [3.63, 3.8) is 0 Å². The molecular formula is C42H74N14O10. The van der Waals surface area contributed by atoms with Gasteiger partial charge < -0.3 is 74.7 Å². The Morgan fingerprint density at radius 3 is 1.36 bits per heavy atom. The maximum absolute atomic E-state index is 13.9. The monoisotopic (exact) mass is 935 g/mol. The molecule has 66 heavy (non-hydrogen) atoms. The summed E-state index contributed by atoms with van der Waals surface area (Å²) in [7, 11) is 0. The second-order valence-corrected chi connectivity index (χ2v) is 17.7. The lowest BCUT2D eigenvalue weighted by atomic mass is 10.0. The maximum atomic E-state index is 13.9. The average molecular weight is 935 g/mol. The van der Waals surface area contributed by atoms with Gasteiger partial charge in [-0.15, -0.1) is 0 Å². The smallest absolute Gasteiger partial charge is 0.243 e. The molecule has 4 fully saturated rings. The highest BCUT2D eigenvalue weighted by Gasteiger charge is 2.41. The zero-order valence-corrected chi connectivity index (χ0v) is 38.4. The molecule has 16 N–H and O–H groups in total. The fourth-order valence-electron chi connectivity index (χ4n) is 8.47. The second-order valence-electron chi connectivity index (χ2n) is 17.7. The van der Waals surface area contributed by atoms with Gasteiger partial charge in [-0.2, -0.15) is 0 Å². The zero-order chi connectivity index (χ0) is 48.3. The Hall–Kier alpha value is -5.01. The van der Waals surface area contributed by atoms with Gasteiger partial charge in [-0.05, 0) is 109 Å². The van der Waals surface area contributed by atoms with Crippen molar-refractivity contribution in [3.8, 4) is 0 Å². The van der Waals surface area contributed by atoms with E-state index < -0.39 is 127 Å². The molecule has 0 aliphatic carbocycles.